The summed E-state index contributed by atoms with van der Waals surface area (Å²) < 4.78 is 54.5. The van der Waals surface area contributed by atoms with Gasteiger partial charge in [-0.15, -0.1) is 22.7 Å². The molecule has 0 unspecified atom stereocenters. The first kappa shape index (κ1) is 108. The van der Waals surface area contributed by atoms with Gasteiger partial charge in [-0.1, -0.05) is 72.8 Å². The Bertz CT molecular complexity index is 5710. The van der Waals surface area contributed by atoms with Crippen LogP contribution in [0.2, 0.25) is 0 Å². The van der Waals surface area contributed by atoms with E-state index in [1.807, 2.05) is 198 Å². The van der Waals surface area contributed by atoms with Crippen molar-refractivity contribution in [3.63, 3.8) is 0 Å². The molecule has 0 spiro atoms. The van der Waals surface area contributed by atoms with Crippen molar-refractivity contribution in [2.24, 2.45) is 19.9 Å². The Morgan fingerprint density at radius 1 is 0.541 bits per heavy atom. The molecule has 38 heteroatoms. The van der Waals surface area contributed by atoms with E-state index in [1.54, 1.807) is 38.6 Å². The number of nitrogens with zero attached hydrogens (tertiary/aromatic N) is 4. The number of hydrazine groups is 1. The van der Waals surface area contributed by atoms with Crippen molar-refractivity contribution >= 4 is 176 Å². The van der Waals surface area contributed by atoms with E-state index in [1.165, 1.54) is 41.4 Å². The molecular formula is C84H92BBr5FLiN8O20S2. The monoisotopic (exact) mass is 2030 g/mol. The minimum absolute atomic E-state index is 0. The summed E-state index contributed by atoms with van der Waals surface area (Å²) in [5, 5.41) is 47.2. The Morgan fingerprint density at radius 2 is 0.869 bits per heavy atom. The number of rotatable bonds is 11. The molecule has 4 aromatic heterocycles. The number of aromatic carboxylic acids is 1. The summed E-state index contributed by atoms with van der Waals surface area (Å²) in [7, 11) is 5.10. The van der Waals surface area contributed by atoms with Gasteiger partial charge in [-0.2, -0.15) is 0 Å². The normalized spacial score (nSPS) is 11.4. The van der Waals surface area contributed by atoms with Gasteiger partial charge < -0.3 is 75.1 Å². The van der Waals surface area contributed by atoms with Crippen molar-refractivity contribution in [2.75, 3.05) is 25.7 Å². The molecule has 0 radical (unpaired) electrons. The number of anilines is 2. The number of carbonyl (C=O) groups excluding carboxylic acids is 2. The summed E-state index contributed by atoms with van der Waals surface area (Å²) in [6.45, 7) is 25.3. The van der Waals surface area contributed by atoms with Crippen LogP contribution in [0, 0.1) is 81.4 Å². The number of non-ortho nitro benzene ring substituents is 2. The molecule has 122 heavy (non-hydrogen) atoms. The number of carboxylic acids is 1. The number of benzene rings is 8. The van der Waals surface area contributed by atoms with Crippen LogP contribution in [0.5, 0.6) is 40.2 Å². The van der Waals surface area contributed by atoms with Crippen LogP contribution in [0.4, 0.5) is 27.1 Å². The fraction of sp³-hybridized carbons (Fsp3) is 0.226. The number of carbonyl (C=O) groups is 3. The van der Waals surface area contributed by atoms with Crippen LogP contribution < -0.4 is 72.4 Å². The quantitative estimate of drug-likeness (QED) is 0.0120. The third kappa shape index (κ3) is 30.1. The number of aliphatic hydroxyl groups is 1. The Kier molecular flexibility index (Phi) is 44.1. The van der Waals surface area contributed by atoms with Crippen molar-refractivity contribution in [1.29, 1.82) is 0 Å². The second-order valence-corrected chi connectivity index (χ2v) is 33.4. The van der Waals surface area contributed by atoms with E-state index in [9.17, 15) is 53.7 Å². The number of nitrogens with two attached hydrogens (primary N) is 3. The summed E-state index contributed by atoms with van der Waals surface area (Å²) in [6.07, 6.45) is 3.31. The van der Waals surface area contributed by atoms with E-state index in [4.69, 9.17) is 45.2 Å². The largest absolute Gasteiger partial charge is 1.00 e. The maximum absolute atomic E-state index is 12.5. The number of amides is 1. The minimum atomic E-state index is -1.01. The van der Waals surface area contributed by atoms with Gasteiger partial charge in [0.1, 0.15) is 65.2 Å². The van der Waals surface area contributed by atoms with Crippen LogP contribution in [-0.4, -0.2) is 95.6 Å². The number of pyridine rings is 2. The number of phenolic OH excluding ortho intramolecular Hbond substituents is 1. The maximum atomic E-state index is 12.5. The molecule has 1 saturated heterocycles. The zero-order valence-electron chi connectivity index (χ0n) is 69.8. The van der Waals surface area contributed by atoms with Crippen LogP contribution in [0.15, 0.2) is 202 Å². The van der Waals surface area contributed by atoms with Gasteiger partial charge in [-0.3, -0.25) is 40.0 Å². The number of esters is 1. The zero-order valence-corrected chi connectivity index (χ0v) is 79.3. The first-order valence-corrected chi connectivity index (χ1v) is 41.0. The number of hydrogen-bond donors (Lipinski definition) is 7. The summed E-state index contributed by atoms with van der Waals surface area (Å²) in [5.41, 5.74) is 22.9. The molecule has 646 valence electrons. The summed E-state index contributed by atoms with van der Waals surface area (Å²) in [4.78, 5) is 75.6. The topological polar surface area (TPSA) is 449 Å². The van der Waals surface area contributed by atoms with Gasteiger partial charge in [-0.05, 0) is 268 Å². The van der Waals surface area contributed by atoms with E-state index < -0.39 is 45.9 Å². The molecule has 1 fully saturated rings. The van der Waals surface area contributed by atoms with E-state index in [-0.39, 0.29) is 67.6 Å². The first-order chi connectivity index (χ1) is 55.8. The van der Waals surface area contributed by atoms with Crippen LogP contribution >= 0.6 is 102 Å². The number of nitrogen functional groups attached to an aromatic ring is 2. The van der Waals surface area contributed by atoms with E-state index in [0.717, 1.165) is 140 Å². The smallest absolute Gasteiger partial charge is 0.870 e. The van der Waals surface area contributed by atoms with Crippen LogP contribution in [0.25, 0.3) is 20.2 Å². The molecule has 1 aliphatic heterocycles. The molecule has 0 bridgehead atoms. The Balaban J connectivity index is 0.000000482. The molecule has 0 saturated carbocycles. The number of phenols is 1. The van der Waals surface area contributed by atoms with E-state index in [2.05, 4.69) is 90.2 Å². The average Bonchev–Trinajstić information content (AvgIpc) is 1.62. The van der Waals surface area contributed by atoms with Gasteiger partial charge in [0.25, 0.3) is 22.5 Å². The molecule has 1 amide bonds. The summed E-state index contributed by atoms with van der Waals surface area (Å²) >= 11 is 18.4. The molecule has 0 aliphatic carbocycles. The molecule has 1 aliphatic rings. The number of nitro groups is 2. The van der Waals surface area contributed by atoms with E-state index in [0.29, 0.717) is 52.8 Å². The number of ether oxygens (including phenoxy) is 4. The minimum Gasteiger partial charge on any atom is -0.870 e. The third-order valence-electron chi connectivity index (χ3n) is 17.5. The number of fused-ring (bicyclic) bond motifs is 2. The van der Waals surface area contributed by atoms with Crippen molar-refractivity contribution in [3.05, 3.63) is 293 Å². The number of aromatic nitrogens is 2. The summed E-state index contributed by atoms with van der Waals surface area (Å²) in [5.74, 6) is 7.39. The van der Waals surface area contributed by atoms with Gasteiger partial charge >= 0.3 is 37.9 Å². The second kappa shape index (κ2) is 49.6. The van der Waals surface area contributed by atoms with Crippen molar-refractivity contribution in [3.8, 4) is 40.2 Å². The van der Waals surface area contributed by atoms with E-state index >= 15 is 0 Å². The number of aryl methyl sites for hydroxylation is 10. The van der Waals surface area contributed by atoms with Gasteiger partial charge in [0.05, 0.1) is 41.6 Å². The third-order valence-corrected chi connectivity index (χ3v) is 22.8. The predicted octanol–water partition coefficient (Wildman–Crippen LogP) is 16.5. The van der Waals surface area contributed by atoms with Crippen molar-refractivity contribution in [1.82, 2.24) is 14.6 Å². The summed E-state index contributed by atoms with van der Waals surface area (Å²) in [6, 6.07) is 45.8. The molecule has 28 nitrogen and oxygen atoms in total. The van der Waals surface area contributed by atoms with Gasteiger partial charge in [0.15, 0.2) is 0 Å². The van der Waals surface area contributed by atoms with Gasteiger partial charge in [0, 0.05) is 101 Å². The molecule has 12 aromatic rings. The Morgan fingerprint density at radius 3 is 1.21 bits per heavy atom. The molecule has 13 rings (SSSR count). The van der Waals surface area contributed by atoms with Crippen LogP contribution in [0.3, 0.4) is 0 Å². The first-order valence-electron chi connectivity index (χ1n) is 35.4. The fourth-order valence-electron chi connectivity index (χ4n) is 10.4. The Hall–Kier alpha value is -9.66. The van der Waals surface area contributed by atoms with Crippen LogP contribution in [0.1, 0.15) is 98.5 Å². The molecule has 8 aromatic carbocycles. The zero-order chi connectivity index (χ0) is 89.4. The standard InChI is InChI=1S/C20H26BNO3.C14H12BrNO3.C14H14BrNO.C10H8BrNO3S.C9H6BrNO3S.C8H10O.C6H3BrFNO2.C2H6N2O.CH4O.Li.2H2O/c1-13-8-7-9-14(2)18(13)23-17-11-10-15(22)12-16(17)21-24-19(3,4)20(5,6)25-21;1-9-4-3-5-10(2)14(9)19-13-7-6-11(16(17)18)8-12(13)15;1-9-4-3-5-10(2)14(9)17-13-7-6-11(16)8-12(13)15;1-12-4-6(11)5-3-7(10(14)15-2)16-8(5)9(12)13;1-11-3-5(10)4-2-6(9(13)14)15-7(4)8(11)12;1-6-4-3-5-7(2)8(6)9;7-5-3-4(9(10)11)1-2-6(5)8;1-2(5)4-3;1-2;;;/h7-12H,22H2,1-6H3;3-8H,1-2H3;3-8H,16H2,1-2H3;3-4H,1-2H3;2-3H,1H3,(H,13,14);3-5,9H,1-2H3;1-3H;3H2,1H3,(H,4,5);2H,1H3;;2*1H2/q;;;;;;;;;+1;;/p-1. The van der Waals surface area contributed by atoms with Gasteiger partial charge in [0.2, 0.25) is 5.91 Å². The van der Waals surface area contributed by atoms with Crippen molar-refractivity contribution < 1.29 is 102 Å². The average molecular weight is 2030 g/mol. The van der Waals surface area contributed by atoms with Crippen molar-refractivity contribution in [2.45, 2.75) is 101 Å². The number of thiophene rings is 2. The number of aromatic hydroxyl groups is 1. The number of carboxylic acid groups (broad SMARTS) is 1. The predicted molar refractivity (Wildman–Crippen MR) is 492 cm³/mol. The Labute approximate surface area is 766 Å². The maximum Gasteiger partial charge on any atom is 1.00 e. The van der Waals surface area contributed by atoms with Gasteiger partial charge in [-0.25, -0.2) is 19.8 Å². The van der Waals surface area contributed by atoms with Crippen LogP contribution in [-0.2, 0) is 32.9 Å². The molecule has 13 N–H and O–H groups in total. The molecular weight excluding hydrogens is 1940 g/mol. The number of nitro benzene ring substituents is 2. The molecule has 0 atom stereocenters. The number of methoxy groups -OCH3 is 1. The number of halogens is 6. The number of hydrogen-bond acceptors (Lipinski definition) is 23. The number of nitrogens with one attached hydrogen (secondary N) is 1. The molecule has 5 heterocycles. The SMILES string of the molecule is CC(=O)NN.CO.COC(=O)c1cc2c(Br)cn(C)c(=O)c2s1.Cc1cccc(C)c1O.Cc1cccc(C)c1Oc1ccc(N)cc1B1OC(C)(C)C(C)(C)O1.Cc1cccc(C)c1Oc1ccc(N)cc1Br.Cc1cccc(C)c1Oc1ccc([N+](=O)[O-])cc1Br.Cn1cc(Br)c2cc(C(=O)O)sc2c1=O.O.O=[N+]([O-])c1ccc(F)c(Br)c1.[Li+].[OH-]. The fourth-order valence-corrected chi connectivity index (χ4v) is 15.3. The number of para-hydroxylation sites is 4. The second-order valence-electron chi connectivity index (χ2n) is 27.0. The number of aliphatic hydroxyl groups excluding tert-OH is 1.